The first kappa shape index (κ1) is 34.4. The molecule has 0 amide bonds. The predicted octanol–water partition coefficient (Wildman–Crippen LogP) is 14.7. The molecule has 2 aromatic heterocycles. The van der Waals surface area contributed by atoms with E-state index in [1.54, 1.807) is 0 Å². The van der Waals surface area contributed by atoms with E-state index in [1.807, 2.05) is 72.8 Å². The molecule has 9 aromatic carbocycles. The second-order valence-electron chi connectivity index (χ2n) is 16.4. The number of furan rings is 1. The largest absolute Gasteiger partial charge is 0.456 e. The maximum atomic E-state index is 6.51. The van der Waals surface area contributed by atoms with Gasteiger partial charge in [0.05, 0.1) is 0 Å². The Kier molecular flexibility index (Phi) is 7.54. The van der Waals surface area contributed by atoms with Crippen LogP contribution in [0.3, 0.4) is 0 Å². The molecule has 12 rings (SSSR count). The van der Waals surface area contributed by atoms with E-state index in [4.69, 9.17) is 19.4 Å². The van der Waals surface area contributed by atoms with Crippen LogP contribution in [0, 0.1) is 0 Å². The van der Waals surface area contributed by atoms with Crippen molar-refractivity contribution in [2.24, 2.45) is 0 Å². The summed E-state index contributed by atoms with van der Waals surface area (Å²) in [4.78, 5) is 15.1. The Hall–Kier alpha value is -7.69. The third kappa shape index (κ3) is 5.41. The van der Waals surface area contributed by atoms with E-state index >= 15 is 0 Å². The second-order valence-corrected chi connectivity index (χ2v) is 16.4. The smallest absolute Gasteiger partial charge is 0.164 e. The summed E-state index contributed by atoms with van der Waals surface area (Å²) in [6.45, 7) is 4.69. The quantitative estimate of drug-likeness (QED) is 0.164. The molecule has 0 radical (unpaired) electrons. The molecular weight excluding hydrogens is 731 g/mol. The molecule has 11 aromatic rings. The SMILES string of the molecule is CC1(C)c2ccccc2-c2ccc(-c3ccc4ccc5ccc(-c6ccc7oc8cccc(-c9nc(-c%10ccccc%10)nc(-c%10ccccc%10)n9)c8c7c6)cc5c4c3)cc21. The molecular formula is C56H37N3O. The van der Waals surface area contributed by atoms with Crippen LogP contribution in [0.25, 0.3) is 111 Å². The van der Waals surface area contributed by atoms with Crippen molar-refractivity contribution in [3.8, 4) is 67.5 Å². The minimum Gasteiger partial charge on any atom is -0.456 e. The van der Waals surface area contributed by atoms with Gasteiger partial charge in [0.25, 0.3) is 0 Å². The lowest BCUT2D eigenvalue weighted by atomic mass is 9.81. The minimum absolute atomic E-state index is 0.0515. The molecule has 4 nitrogen and oxygen atoms in total. The summed E-state index contributed by atoms with van der Waals surface area (Å²) < 4.78 is 6.51. The van der Waals surface area contributed by atoms with Gasteiger partial charge < -0.3 is 4.42 Å². The summed E-state index contributed by atoms with van der Waals surface area (Å²) in [5.74, 6) is 1.86. The lowest BCUT2D eigenvalue weighted by Gasteiger charge is -2.22. The van der Waals surface area contributed by atoms with Crippen LogP contribution in [0.5, 0.6) is 0 Å². The highest BCUT2D eigenvalue weighted by Gasteiger charge is 2.35. The topological polar surface area (TPSA) is 51.8 Å². The van der Waals surface area contributed by atoms with Crippen molar-refractivity contribution in [3.05, 3.63) is 199 Å². The van der Waals surface area contributed by atoms with Crippen molar-refractivity contribution in [1.82, 2.24) is 15.0 Å². The van der Waals surface area contributed by atoms with Crippen LogP contribution in [0.4, 0.5) is 0 Å². The number of fused-ring (bicyclic) bond motifs is 9. The van der Waals surface area contributed by atoms with Gasteiger partial charge in [-0.2, -0.15) is 0 Å². The zero-order valence-electron chi connectivity index (χ0n) is 33.1. The molecule has 0 atom stereocenters. The van der Waals surface area contributed by atoms with Crippen LogP contribution in [0.15, 0.2) is 192 Å². The Labute approximate surface area is 347 Å². The van der Waals surface area contributed by atoms with Gasteiger partial charge in [-0.25, -0.2) is 15.0 Å². The summed E-state index contributed by atoms with van der Waals surface area (Å²) in [5.41, 5.74) is 14.5. The van der Waals surface area contributed by atoms with Gasteiger partial charge in [0.2, 0.25) is 0 Å². The molecule has 60 heavy (non-hydrogen) atoms. The number of rotatable bonds is 5. The first-order chi connectivity index (χ1) is 29.5. The highest BCUT2D eigenvalue weighted by molar-refractivity contribution is 6.14. The lowest BCUT2D eigenvalue weighted by molar-refractivity contribution is 0.660. The zero-order chi connectivity index (χ0) is 40.0. The minimum atomic E-state index is -0.0515. The number of aromatic nitrogens is 3. The van der Waals surface area contributed by atoms with Crippen molar-refractivity contribution >= 4 is 43.5 Å². The van der Waals surface area contributed by atoms with E-state index in [0.29, 0.717) is 17.5 Å². The van der Waals surface area contributed by atoms with Gasteiger partial charge in [-0.15, -0.1) is 0 Å². The summed E-state index contributed by atoms with van der Waals surface area (Å²) >= 11 is 0. The number of hydrogen-bond acceptors (Lipinski definition) is 4. The van der Waals surface area contributed by atoms with E-state index in [9.17, 15) is 0 Å². The van der Waals surface area contributed by atoms with Crippen LogP contribution in [-0.4, -0.2) is 15.0 Å². The molecule has 1 aliphatic rings. The highest BCUT2D eigenvalue weighted by atomic mass is 16.3. The van der Waals surface area contributed by atoms with Crippen LogP contribution in [0.2, 0.25) is 0 Å². The Morgan fingerprint density at radius 1 is 0.350 bits per heavy atom. The molecule has 0 bridgehead atoms. The first-order valence-electron chi connectivity index (χ1n) is 20.5. The summed E-state index contributed by atoms with van der Waals surface area (Å²) in [6, 6.07) is 66.9. The van der Waals surface area contributed by atoms with E-state index in [1.165, 1.54) is 54.9 Å². The van der Waals surface area contributed by atoms with E-state index < -0.39 is 0 Å². The van der Waals surface area contributed by atoms with Gasteiger partial charge in [0.1, 0.15) is 11.2 Å². The van der Waals surface area contributed by atoms with Crippen LogP contribution < -0.4 is 0 Å². The monoisotopic (exact) mass is 767 g/mol. The summed E-state index contributed by atoms with van der Waals surface area (Å²) in [5, 5.41) is 6.90. The van der Waals surface area contributed by atoms with Gasteiger partial charge in [0.15, 0.2) is 17.5 Å². The average Bonchev–Trinajstić information content (AvgIpc) is 3.80. The van der Waals surface area contributed by atoms with Crippen molar-refractivity contribution in [2.45, 2.75) is 19.3 Å². The average molecular weight is 768 g/mol. The lowest BCUT2D eigenvalue weighted by Crippen LogP contribution is -2.14. The predicted molar refractivity (Wildman–Crippen MR) is 247 cm³/mol. The van der Waals surface area contributed by atoms with Crippen molar-refractivity contribution in [2.75, 3.05) is 0 Å². The molecule has 2 heterocycles. The van der Waals surface area contributed by atoms with E-state index in [2.05, 4.69) is 129 Å². The van der Waals surface area contributed by atoms with Crippen LogP contribution in [0.1, 0.15) is 25.0 Å². The molecule has 0 spiro atoms. The van der Waals surface area contributed by atoms with Crippen LogP contribution >= 0.6 is 0 Å². The Morgan fingerprint density at radius 2 is 0.850 bits per heavy atom. The van der Waals surface area contributed by atoms with Gasteiger partial charge in [0, 0.05) is 32.9 Å². The van der Waals surface area contributed by atoms with E-state index in [-0.39, 0.29) is 5.41 Å². The molecule has 0 saturated heterocycles. The summed E-state index contributed by atoms with van der Waals surface area (Å²) in [6.07, 6.45) is 0. The van der Waals surface area contributed by atoms with Crippen molar-refractivity contribution in [1.29, 1.82) is 0 Å². The fraction of sp³-hybridized carbons (Fsp3) is 0.0536. The Balaban J connectivity index is 0.983. The number of nitrogens with zero attached hydrogens (tertiary/aromatic N) is 3. The fourth-order valence-corrected chi connectivity index (χ4v) is 9.41. The molecule has 282 valence electrons. The van der Waals surface area contributed by atoms with Gasteiger partial charge in [-0.1, -0.05) is 166 Å². The van der Waals surface area contributed by atoms with Gasteiger partial charge in [-0.3, -0.25) is 0 Å². The van der Waals surface area contributed by atoms with E-state index in [0.717, 1.165) is 49.8 Å². The zero-order valence-corrected chi connectivity index (χ0v) is 33.1. The Morgan fingerprint density at radius 3 is 1.52 bits per heavy atom. The molecule has 0 fully saturated rings. The van der Waals surface area contributed by atoms with Crippen LogP contribution in [-0.2, 0) is 5.41 Å². The fourth-order valence-electron chi connectivity index (χ4n) is 9.41. The molecule has 0 aliphatic heterocycles. The maximum absolute atomic E-state index is 6.51. The Bertz CT molecular complexity index is 3450. The third-order valence-electron chi connectivity index (χ3n) is 12.5. The molecule has 0 N–H and O–H groups in total. The normalized spacial score (nSPS) is 13.0. The first-order valence-corrected chi connectivity index (χ1v) is 20.5. The molecule has 0 saturated carbocycles. The van der Waals surface area contributed by atoms with Crippen molar-refractivity contribution in [3.63, 3.8) is 0 Å². The highest BCUT2D eigenvalue weighted by Crippen LogP contribution is 2.50. The van der Waals surface area contributed by atoms with Gasteiger partial charge in [-0.05, 0) is 102 Å². The molecule has 1 aliphatic carbocycles. The maximum Gasteiger partial charge on any atom is 0.164 e. The second kappa shape index (κ2) is 13.2. The number of hydrogen-bond donors (Lipinski definition) is 0. The molecule has 4 heteroatoms. The molecule has 0 unspecified atom stereocenters. The van der Waals surface area contributed by atoms with Gasteiger partial charge >= 0.3 is 0 Å². The van der Waals surface area contributed by atoms with Crippen molar-refractivity contribution < 1.29 is 4.42 Å². The number of benzene rings is 9. The third-order valence-corrected chi connectivity index (χ3v) is 12.5. The summed E-state index contributed by atoms with van der Waals surface area (Å²) in [7, 11) is 0. The standard InChI is InChI=1S/C56H37N3O/c1-56(2)48-18-10-9-16-42(48)43-28-26-41(33-49(43)56)39-25-23-35-21-20-34-22-24-38(30-45(34)46(35)31-39)40-27-29-50-47(32-40)52-44(17-11-19-51(52)60-50)55-58-53(36-12-5-3-6-13-36)57-54(59-55)37-14-7-4-8-15-37/h3-33H,1-2H3.